The zero-order valence-corrected chi connectivity index (χ0v) is 20.4. The van der Waals surface area contributed by atoms with E-state index in [-0.39, 0.29) is 43.0 Å². The SMILES string of the molecule is CN=C(NCC(C)Cc1cccs1)NCC1CCN(S(=O)(=O)C(F)(F)F)CC1.I. The molecular formula is C17H28F3IN4O2S2. The lowest BCUT2D eigenvalue weighted by Gasteiger charge is -2.31. The fraction of sp³-hybridized carbons (Fsp3) is 0.706. The normalized spacial score (nSPS) is 18.2. The van der Waals surface area contributed by atoms with E-state index in [9.17, 15) is 21.6 Å². The van der Waals surface area contributed by atoms with Crippen LogP contribution in [-0.2, 0) is 16.4 Å². The summed E-state index contributed by atoms with van der Waals surface area (Å²) in [7, 11) is -3.56. The van der Waals surface area contributed by atoms with Crippen LogP contribution in [0.4, 0.5) is 13.2 Å². The van der Waals surface area contributed by atoms with Gasteiger partial charge in [-0.25, -0.2) is 8.42 Å². The number of alkyl halides is 3. The highest BCUT2D eigenvalue weighted by molar-refractivity contribution is 14.0. The monoisotopic (exact) mass is 568 g/mol. The molecule has 0 spiro atoms. The molecule has 0 amide bonds. The maximum absolute atomic E-state index is 12.6. The zero-order chi connectivity index (χ0) is 20.8. The summed E-state index contributed by atoms with van der Waals surface area (Å²) in [6, 6.07) is 4.14. The van der Waals surface area contributed by atoms with Crippen LogP contribution in [0.15, 0.2) is 22.5 Å². The van der Waals surface area contributed by atoms with Gasteiger partial charge in [-0.1, -0.05) is 13.0 Å². The van der Waals surface area contributed by atoms with Crippen molar-refractivity contribution >= 4 is 51.3 Å². The quantitative estimate of drug-likeness (QED) is 0.301. The largest absolute Gasteiger partial charge is 0.511 e. The molecule has 1 unspecified atom stereocenters. The molecule has 1 fully saturated rings. The van der Waals surface area contributed by atoms with Crippen molar-refractivity contribution in [2.75, 3.05) is 33.2 Å². The molecule has 12 heteroatoms. The van der Waals surface area contributed by atoms with Crippen LogP contribution in [-0.4, -0.2) is 57.4 Å². The Hall–Kier alpha value is -0.600. The van der Waals surface area contributed by atoms with Crippen LogP contribution in [0.3, 0.4) is 0 Å². The van der Waals surface area contributed by atoms with Crippen LogP contribution in [0, 0.1) is 11.8 Å². The summed E-state index contributed by atoms with van der Waals surface area (Å²) >= 11 is 1.73. The lowest BCUT2D eigenvalue weighted by atomic mass is 9.98. The van der Waals surface area contributed by atoms with Gasteiger partial charge in [0.25, 0.3) is 0 Å². The Morgan fingerprint density at radius 2 is 2.00 bits per heavy atom. The maximum atomic E-state index is 12.6. The second-order valence-electron chi connectivity index (χ2n) is 7.02. The third-order valence-electron chi connectivity index (χ3n) is 4.74. The van der Waals surface area contributed by atoms with E-state index in [0.29, 0.717) is 35.6 Å². The van der Waals surface area contributed by atoms with Crippen molar-refractivity contribution in [2.24, 2.45) is 16.8 Å². The Balaban J connectivity index is 0.00000420. The highest BCUT2D eigenvalue weighted by Gasteiger charge is 2.50. The number of sulfonamides is 1. The summed E-state index contributed by atoms with van der Waals surface area (Å²) in [5.41, 5.74) is -5.23. The Bertz CT molecular complexity index is 734. The summed E-state index contributed by atoms with van der Waals surface area (Å²) < 4.78 is 61.3. The first-order chi connectivity index (χ1) is 13.1. The third-order valence-corrected chi connectivity index (χ3v) is 7.26. The van der Waals surface area contributed by atoms with E-state index in [1.807, 2.05) is 6.07 Å². The Morgan fingerprint density at radius 3 is 2.52 bits per heavy atom. The third kappa shape index (κ3) is 7.87. The van der Waals surface area contributed by atoms with E-state index in [1.54, 1.807) is 18.4 Å². The molecule has 1 atom stereocenters. The smallest absolute Gasteiger partial charge is 0.356 e. The van der Waals surface area contributed by atoms with E-state index in [0.717, 1.165) is 13.0 Å². The van der Waals surface area contributed by atoms with Crippen LogP contribution in [0.5, 0.6) is 0 Å². The molecule has 1 saturated heterocycles. The average molecular weight is 568 g/mol. The minimum Gasteiger partial charge on any atom is -0.356 e. The molecule has 1 aliphatic heterocycles. The zero-order valence-electron chi connectivity index (χ0n) is 16.4. The Kier molecular flexibility index (Phi) is 10.7. The number of aliphatic imine (C=N–C) groups is 1. The average Bonchev–Trinajstić information content (AvgIpc) is 3.14. The molecule has 0 aromatic carbocycles. The van der Waals surface area contributed by atoms with Crippen molar-refractivity contribution in [2.45, 2.75) is 31.7 Å². The first kappa shape index (κ1) is 26.4. The molecular weight excluding hydrogens is 540 g/mol. The fourth-order valence-electron chi connectivity index (χ4n) is 3.08. The molecule has 2 rings (SSSR count). The van der Waals surface area contributed by atoms with Crippen LogP contribution < -0.4 is 10.6 Å². The van der Waals surface area contributed by atoms with Gasteiger partial charge in [0.2, 0.25) is 0 Å². The van der Waals surface area contributed by atoms with Gasteiger partial charge in [0, 0.05) is 38.1 Å². The molecule has 0 saturated carbocycles. The van der Waals surface area contributed by atoms with Gasteiger partial charge in [-0.3, -0.25) is 4.99 Å². The Labute approximate surface area is 191 Å². The minimum atomic E-state index is -5.23. The number of rotatable bonds is 7. The van der Waals surface area contributed by atoms with Crippen LogP contribution in [0.25, 0.3) is 0 Å². The number of nitrogens with zero attached hydrogens (tertiary/aromatic N) is 2. The standard InChI is InChI=1S/C17H27F3N4O2S2.HI/c1-13(10-15-4-3-9-27-15)11-22-16(21-2)23-12-14-5-7-24(8-6-14)28(25,26)17(18,19)20;/h3-4,9,13-14H,5-8,10-12H2,1-2H3,(H2,21,22,23);1H. The predicted octanol–water partition coefficient (Wildman–Crippen LogP) is 3.27. The maximum Gasteiger partial charge on any atom is 0.511 e. The Morgan fingerprint density at radius 1 is 1.34 bits per heavy atom. The van der Waals surface area contributed by atoms with Crippen LogP contribution in [0.2, 0.25) is 0 Å². The van der Waals surface area contributed by atoms with Gasteiger partial charge in [0.15, 0.2) is 5.96 Å². The van der Waals surface area contributed by atoms with Gasteiger partial charge in [-0.15, -0.1) is 35.3 Å². The molecule has 29 heavy (non-hydrogen) atoms. The summed E-state index contributed by atoms with van der Waals surface area (Å²) in [5.74, 6) is 1.16. The van der Waals surface area contributed by atoms with Gasteiger partial charge in [0.1, 0.15) is 0 Å². The predicted molar refractivity (Wildman–Crippen MR) is 121 cm³/mol. The van der Waals surface area contributed by atoms with E-state index < -0.39 is 15.5 Å². The van der Waals surface area contributed by atoms with E-state index in [2.05, 4.69) is 34.0 Å². The van der Waals surface area contributed by atoms with Gasteiger partial charge in [0.05, 0.1) is 0 Å². The van der Waals surface area contributed by atoms with E-state index in [4.69, 9.17) is 0 Å². The van der Waals surface area contributed by atoms with Crippen molar-refractivity contribution in [3.63, 3.8) is 0 Å². The van der Waals surface area contributed by atoms with Gasteiger partial charge in [-0.2, -0.15) is 17.5 Å². The number of nitrogens with one attached hydrogen (secondary N) is 2. The molecule has 1 aromatic heterocycles. The van der Waals surface area contributed by atoms with E-state index >= 15 is 0 Å². The summed E-state index contributed by atoms with van der Waals surface area (Å²) in [5, 5.41) is 8.51. The van der Waals surface area contributed by atoms with Gasteiger partial charge < -0.3 is 10.6 Å². The molecule has 168 valence electrons. The van der Waals surface area contributed by atoms with Crippen molar-refractivity contribution in [3.05, 3.63) is 22.4 Å². The number of thiophene rings is 1. The van der Waals surface area contributed by atoms with Gasteiger partial charge >= 0.3 is 15.5 Å². The lowest BCUT2D eigenvalue weighted by molar-refractivity contribution is -0.0496. The number of hydrogen-bond acceptors (Lipinski definition) is 4. The summed E-state index contributed by atoms with van der Waals surface area (Å²) in [6.45, 7) is 3.21. The van der Waals surface area contributed by atoms with Crippen molar-refractivity contribution in [1.82, 2.24) is 14.9 Å². The molecule has 1 aromatic rings. The number of guanidine groups is 1. The van der Waals surface area contributed by atoms with Crippen LogP contribution >= 0.6 is 35.3 Å². The molecule has 2 heterocycles. The molecule has 6 nitrogen and oxygen atoms in total. The summed E-state index contributed by atoms with van der Waals surface area (Å²) in [6.07, 6.45) is 1.75. The molecule has 0 aliphatic carbocycles. The molecule has 1 aliphatic rings. The first-order valence-corrected chi connectivity index (χ1v) is 11.5. The van der Waals surface area contributed by atoms with Crippen LogP contribution in [0.1, 0.15) is 24.6 Å². The lowest BCUT2D eigenvalue weighted by Crippen LogP contribution is -2.47. The molecule has 2 N–H and O–H groups in total. The fourth-order valence-corrected chi connectivity index (χ4v) is 4.93. The van der Waals surface area contributed by atoms with Crippen molar-refractivity contribution in [1.29, 1.82) is 0 Å². The highest BCUT2D eigenvalue weighted by Crippen LogP contribution is 2.30. The molecule has 0 bridgehead atoms. The first-order valence-electron chi connectivity index (χ1n) is 9.16. The van der Waals surface area contributed by atoms with Gasteiger partial charge in [-0.05, 0) is 42.5 Å². The topological polar surface area (TPSA) is 73.8 Å². The second-order valence-corrected chi connectivity index (χ2v) is 9.98. The summed E-state index contributed by atoms with van der Waals surface area (Å²) in [4.78, 5) is 5.50. The van der Waals surface area contributed by atoms with Crippen molar-refractivity contribution in [3.8, 4) is 0 Å². The van der Waals surface area contributed by atoms with E-state index in [1.165, 1.54) is 4.88 Å². The van der Waals surface area contributed by atoms with Crippen molar-refractivity contribution < 1.29 is 21.6 Å². The number of hydrogen-bond donors (Lipinski definition) is 2. The number of piperidine rings is 1. The minimum absolute atomic E-state index is 0. The molecule has 0 radical (unpaired) electrons. The number of halogens is 4. The second kappa shape index (κ2) is 11.7. The highest BCUT2D eigenvalue weighted by atomic mass is 127.